The van der Waals surface area contributed by atoms with E-state index in [4.69, 9.17) is 11.6 Å². The van der Waals surface area contributed by atoms with Crippen LogP contribution >= 0.6 is 11.6 Å². The first kappa shape index (κ1) is 13.5. The first-order valence-corrected chi connectivity index (χ1v) is 6.10. The molecule has 0 aliphatic rings. The summed E-state index contributed by atoms with van der Waals surface area (Å²) in [7, 11) is 0. The van der Waals surface area contributed by atoms with Gasteiger partial charge in [-0.2, -0.15) is 5.10 Å². The normalized spacial score (nSPS) is 10.7. The second-order valence-corrected chi connectivity index (χ2v) is 4.34. The van der Waals surface area contributed by atoms with E-state index in [-0.39, 0.29) is 10.8 Å². The lowest BCUT2D eigenvalue weighted by atomic mass is 10.2. The number of rotatable bonds is 4. The molecule has 0 unspecified atom stereocenters. The number of aryl methyl sites for hydroxylation is 1. The second-order valence-electron chi connectivity index (χ2n) is 3.98. The maximum atomic E-state index is 12.9. The summed E-state index contributed by atoms with van der Waals surface area (Å²) in [5.41, 5.74) is 0.631. The summed E-state index contributed by atoms with van der Waals surface area (Å²) in [6, 6.07) is 5.43. The Morgan fingerprint density at radius 2 is 2.05 bits per heavy atom. The molecule has 1 aromatic carbocycles. The van der Waals surface area contributed by atoms with E-state index in [1.54, 1.807) is 0 Å². The lowest BCUT2D eigenvalue weighted by Crippen LogP contribution is -1.97. The topological polar surface area (TPSA) is 61.0 Å². The van der Waals surface area contributed by atoms with Gasteiger partial charge in [-0.15, -0.1) is 0 Å². The Kier molecular flexibility index (Phi) is 3.80. The molecular formula is C12H11ClFN3O2. The van der Waals surface area contributed by atoms with Crippen LogP contribution in [0.5, 0.6) is 0 Å². The molecule has 0 radical (unpaired) electrons. The molecule has 2 rings (SSSR count). The van der Waals surface area contributed by atoms with Gasteiger partial charge in [0.25, 0.3) is 0 Å². The van der Waals surface area contributed by atoms with Gasteiger partial charge in [-0.05, 0) is 30.7 Å². The van der Waals surface area contributed by atoms with Gasteiger partial charge in [-0.1, -0.05) is 24.9 Å². The average Bonchev–Trinajstić information content (AvgIpc) is 2.68. The molecule has 2 aromatic rings. The fourth-order valence-corrected chi connectivity index (χ4v) is 2.08. The van der Waals surface area contributed by atoms with Crippen LogP contribution in [-0.2, 0) is 6.42 Å². The Morgan fingerprint density at radius 3 is 2.58 bits per heavy atom. The summed E-state index contributed by atoms with van der Waals surface area (Å²) in [5.74, 6) is -0.393. The molecule has 0 saturated heterocycles. The first-order valence-electron chi connectivity index (χ1n) is 5.72. The van der Waals surface area contributed by atoms with Crippen molar-refractivity contribution in [3.63, 3.8) is 0 Å². The van der Waals surface area contributed by atoms with Gasteiger partial charge >= 0.3 is 5.69 Å². The number of nitrogens with zero attached hydrogens (tertiary/aromatic N) is 3. The fourth-order valence-electron chi connectivity index (χ4n) is 1.77. The maximum Gasteiger partial charge on any atom is 0.329 e. The van der Waals surface area contributed by atoms with Crippen molar-refractivity contribution >= 4 is 17.3 Å². The van der Waals surface area contributed by atoms with Gasteiger partial charge in [0.1, 0.15) is 11.5 Å². The van der Waals surface area contributed by atoms with E-state index in [0.717, 1.165) is 6.42 Å². The fraction of sp³-hybridized carbons (Fsp3) is 0.250. The van der Waals surface area contributed by atoms with Gasteiger partial charge in [0.2, 0.25) is 5.15 Å². The second kappa shape index (κ2) is 5.36. The van der Waals surface area contributed by atoms with Crippen LogP contribution in [0.2, 0.25) is 5.15 Å². The van der Waals surface area contributed by atoms with E-state index < -0.39 is 10.7 Å². The Morgan fingerprint density at radius 1 is 1.42 bits per heavy atom. The SMILES string of the molecule is CCCc1nn(-c2ccc(F)cc2)c(Cl)c1[N+](=O)[O-]. The van der Waals surface area contributed by atoms with E-state index >= 15 is 0 Å². The third kappa shape index (κ3) is 2.58. The number of aromatic nitrogens is 2. The number of halogens is 2. The van der Waals surface area contributed by atoms with Gasteiger partial charge in [-0.3, -0.25) is 10.1 Å². The van der Waals surface area contributed by atoms with Crippen molar-refractivity contribution in [2.75, 3.05) is 0 Å². The summed E-state index contributed by atoms with van der Waals surface area (Å²) < 4.78 is 14.1. The van der Waals surface area contributed by atoms with Crippen molar-refractivity contribution in [3.05, 3.63) is 51.0 Å². The minimum Gasteiger partial charge on any atom is -0.258 e. The Bertz CT molecular complexity index is 610. The quantitative estimate of drug-likeness (QED) is 0.637. The Balaban J connectivity index is 2.55. The number of nitro groups is 1. The molecule has 0 saturated carbocycles. The third-order valence-electron chi connectivity index (χ3n) is 2.62. The van der Waals surface area contributed by atoms with E-state index in [1.165, 1.54) is 28.9 Å². The molecule has 1 aromatic heterocycles. The highest BCUT2D eigenvalue weighted by atomic mass is 35.5. The first-order chi connectivity index (χ1) is 9.04. The highest BCUT2D eigenvalue weighted by molar-refractivity contribution is 6.32. The van der Waals surface area contributed by atoms with Crippen LogP contribution in [0.1, 0.15) is 19.0 Å². The molecule has 19 heavy (non-hydrogen) atoms. The molecule has 1 heterocycles. The van der Waals surface area contributed by atoms with Crippen molar-refractivity contribution in [3.8, 4) is 5.69 Å². The van der Waals surface area contributed by atoms with Gasteiger partial charge < -0.3 is 0 Å². The molecule has 0 spiro atoms. The van der Waals surface area contributed by atoms with Crippen molar-refractivity contribution in [2.24, 2.45) is 0 Å². The summed E-state index contributed by atoms with van der Waals surface area (Å²) in [5, 5.41) is 15.1. The Labute approximate surface area is 113 Å². The van der Waals surface area contributed by atoms with Crippen LogP contribution in [0.25, 0.3) is 5.69 Å². The van der Waals surface area contributed by atoms with Crippen molar-refractivity contribution in [2.45, 2.75) is 19.8 Å². The zero-order valence-corrected chi connectivity index (χ0v) is 10.9. The Hall–Kier alpha value is -1.95. The van der Waals surface area contributed by atoms with Crippen LogP contribution in [-0.4, -0.2) is 14.7 Å². The monoisotopic (exact) mass is 283 g/mol. The summed E-state index contributed by atoms with van der Waals surface area (Å²) in [6.07, 6.45) is 1.18. The molecule has 0 fully saturated rings. The minimum absolute atomic E-state index is 0.0694. The van der Waals surface area contributed by atoms with E-state index in [9.17, 15) is 14.5 Å². The standard InChI is InChI=1S/C12H11ClFN3O2/c1-2-3-10-11(17(18)19)12(13)16(15-10)9-6-4-8(14)5-7-9/h4-7H,2-3H2,1H3. The lowest BCUT2D eigenvalue weighted by Gasteiger charge is -2.01. The molecule has 0 N–H and O–H groups in total. The van der Waals surface area contributed by atoms with Crippen LogP contribution in [0.3, 0.4) is 0 Å². The summed E-state index contributed by atoms with van der Waals surface area (Å²) in [4.78, 5) is 10.5. The molecule has 0 aliphatic carbocycles. The molecule has 0 atom stereocenters. The van der Waals surface area contributed by atoms with Gasteiger partial charge in [-0.25, -0.2) is 9.07 Å². The number of benzene rings is 1. The minimum atomic E-state index is -0.541. The molecular weight excluding hydrogens is 273 g/mol. The van der Waals surface area contributed by atoms with Gasteiger partial charge in [0, 0.05) is 0 Å². The largest absolute Gasteiger partial charge is 0.329 e. The zero-order chi connectivity index (χ0) is 14.0. The predicted molar refractivity (Wildman–Crippen MR) is 69.2 cm³/mol. The van der Waals surface area contributed by atoms with Crippen LogP contribution in [0.15, 0.2) is 24.3 Å². The van der Waals surface area contributed by atoms with Crippen molar-refractivity contribution in [1.82, 2.24) is 9.78 Å². The van der Waals surface area contributed by atoms with Crippen LogP contribution < -0.4 is 0 Å². The third-order valence-corrected chi connectivity index (χ3v) is 2.96. The maximum absolute atomic E-state index is 12.9. The van der Waals surface area contributed by atoms with Crippen molar-refractivity contribution in [1.29, 1.82) is 0 Å². The van der Waals surface area contributed by atoms with E-state index in [0.29, 0.717) is 17.8 Å². The smallest absolute Gasteiger partial charge is 0.258 e. The molecule has 5 nitrogen and oxygen atoms in total. The molecule has 0 bridgehead atoms. The zero-order valence-electron chi connectivity index (χ0n) is 10.1. The van der Waals surface area contributed by atoms with Gasteiger partial charge in [0.05, 0.1) is 10.6 Å². The number of hydrogen-bond acceptors (Lipinski definition) is 3. The highest BCUT2D eigenvalue weighted by Crippen LogP contribution is 2.31. The molecule has 0 amide bonds. The summed E-state index contributed by atoms with van der Waals surface area (Å²) in [6.45, 7) is 1.90. The van der Waals surface area contributed by atoms with Crippen LogP contribution in [0.4, 0.5) is 10.1 Å². The molecule has 7 heteroatoms. The predicted octanol–water partition coefficient (Wildman–Crippen LogP) is 3.53. The van der Waals surface area contributed by atoms with Gasteiger partial charge in [0.15, 0.2) is 0 Å². The number of hydrogen-bond donors (Lipinski definition) is 0. The van der Waals surface area contributed by atoms with E-state index in [2.05, 4.69) is 5.10 Å². The van der Waals surface area contributed by atoms with Crippen molar-refractivity contribution < 1.29 is 9.31 Å². The lowest BCUT2D eigenvalue weighted by molar-refractivity contribution is -0.385. The summed E-state index contributed by atoms with van der Waals surface area (Å²) >= 11 is 6.00. The molecule has 0 aliphatic heterocycles. The molecule has 100 valence electrons. The average molecular weight is 284 g/mol. The highest BCUT2D eigenvalue weighted by Gasteiger charge is 2.26. The van der Waals surface area contributed by atoms with Crippen LogP contribution in [0, 0.1) is 15.9 Å². The van der Waals surface area contributed by atoms with E-state index in [1.807, 2.05) is 6.92 Å².